The van der Waals surface area contributed by atoms with Crippen LogP contribution in [0.3, 0.4) is 0 Å². The second-order valence-electron chi connectivity index (χ2n) is 5.14. The molecule has 0 aromatic rings. The van der Waals surface area contributed by atoms with Crippen LogP contribution in [-0.4, -0.2) is 24.0 Å². The number of nitrogens with two attached hydrogens (primary N) is 1. The number of carbonyl (C=O) groups excluding carboxylic acids is 1. The smallest absolute Gasteiger partial charge is 0.121 e. The molecule has 96 valence electrons. The Bertz CT molecular complexity index is 183. The Morgan fingerprint density at radius 1 is 1.44 bits per heavy atom. The van der Waals surface area contributed by atoms with Crippen LogP contribution >= 0.6 is 0 Å². The lowest BCUT2D eigenvalue weighted by Gasteiger charge is -2.33. The van der Waals surface area contributed by atoms with E-state index in [1.165, 1.54) is 12.8 Å². The number of aliphatic hydroxyl groups is 1. The molecule has 3 nitrogen and oxygen atoms in total. The summed E-state index contributed by atoms with van der Waals surface area (Å²) in [5.74, 6) is 1.95. The van der Waals surface area contributed by atoms with Crippen LogP contribution in [0.5, 0.6) is 0 Å². The van der Waals surface area contributed by atoms with Crippen LogP contribution in [0, 0.1) is 17.8 Å². The minimum atomic E-state index is -0.0289. The molecule has 1 saturated carbocycles. The molecule has 1 rings (SSSR count). The van der Waals surface area contributed by atoms with Gasteiger partial charge in [0.1, 0.15) is 6.29 Å². The van der Waals surface area contributed by atoms with E-state index >= 15 is 0 Å². The van der Waals surface area contributed by atoms with Crippen LogP contribution in [0.1, 0.15) is 46.5 Å². The Morgan fingerprint density at radius 3 is 2.38 bits per heavy atom. The largest absolute Gasteiger partial charge is 0.393 e. The molecule has 0 aromatic carbocycles. The van der Waals surface area contributed by atoms with Gasteiger partial charge in [0.15, 0.2) is 0 Å². The van der Waals surface area contributed by atoms with Gasteiger partial charge in [-0.1, -0.05) is 27.2 Å². The standard InChI is InChI=1S/C10H20O.C3H7NO/c1-7(2)9-5-4-8(3)6-10(9)11;4-2-1-3-5/h7-11H,4-6H2,1-3H3;3H,1-2,4H2. The van der Waals surface area contributed by atoms with Gasteiger partial charge in [0, 0.05) is 6.42 Å². The molecule has 0 saturated heterocycles. The van der Waals surface area contributed by atoms with E-state index < -0.39 is 0 Å². The maximum atomic E-state index is 9.71. The minimum absolute atomic E-state index is 0.0289. The molecular weight excluding hydrogens is 202 g/mol. The van der Waals surface area contributed by atoms with Crippen molar-refractivity contribution in [3.8, 4) is 0 Å². The van der Waals surface area contributed by atoms with E-state index in [4.69, 9.17) is 5.73 Å². The van der Waals surface area contributed by atoms with Crippen molar-refractivity contribution in [3.63, 3.8) is 0 Å². The lowest BCUT2D eigenvalue weighted by molar-refractivity contribution is -0.107. The average Bonchev–Trinajstić information content (AvgIpc) is 2.19. The second kappa shape index (κ2) is 8.71. The van der Waals surface area contributed by atoms with Crippen molar-refractivity contribution < 1.29 is 9.90 Å². The SMILES string of the molecule is CC1CCC(C(C)C)C(O)C1.NCCC=O. The van der Waals surface area contributed by atoms with Crippen LogP contribution in [0.15, 0.2) is 0 Å². The third kappa shape index (κ3) is 6.23. The maximum absolute atomic E-state index is 9.71. The number of hydrogen-bond acceptors (Lipinski definition) is 3. The third-order valence-corrected chi connectivity index (χ3v) is 3.27. The molecule has 3 heteroatoms. The first-order valence-electron chi connectivity index (χ1n) is 6.34. The molecule has 1 aliphatic rings. The van der Waals surface area contributed by atoms with E-state index in [9.17, 15) is 9.90 Å². The topological polar surface area (TPSA) is 63.3 Å². The molecule has 1 aliphatic carbocycles. The van der Waals surface area contributed by atoms with Crippen molar-refractivity contribution in [2.45, 2.75) is 52.6 Å². The summed E-state index contributed by atoms with van der Waals surface area (Å²) >= 11 is 0. The monoisotopic (exact) mass is 229 g/mol. The summed E-state index contributed by atoms with van der Waals surface area (Å²) in [6.45, 7) is 7.14. The molecule has 0 amide bonds. The van der Waals surface area contributed by atoms with Crippen LogP contribution in [-0.2, 0) is 4.79 Å². The van der Waals surface area contributed by atoms with E-state index in [0.717, 1.165) is 18.6 Å². The fraction of sp³-hybridized carbons (Fsp3) is 0.923. The van der Waals surface area contributed by atoms with Gasteiger partial charge >= 0.3 is 0 Å². The van der Waals surface area contributed by atoms with Gasteiger partial charge in [-0.05, 0) is 37.1 Å². The molecule has 0 heterocycles. The fourth-order valence-electron chi connectivity index (χ4n) is 2.22. The highest BCUT2D eigenvalue weighted by molar-refractivity contribution is 5.49. The molecule has 0 bridgehead atoms. The zero-order valence-electron chi connectivity index (χ0n) is 10.9. The Kier molecular flexibility index (Phi) is 8.49. The third-order valence-electron chi connectivity index (χ3n) is 3.27. The van der Waals surface area contributed by atoms with Crippen molar-refractivity contribution >= 4 is 6.29 Å². The highest BCUT2D eigenvalue weighted by atomic mass is 16.3. The van der Waals surface area contributed by atoms with E-state index in [0.29, 0.717) is 24.8 Å². The van der Waals surface area contributed by atoms with Crippen molar-refractivity contribution in [2.75, 3.05) is 6.54 Å². The molecular formula is C13H27NO2. The van der Waals surface area contributed by atoms with E-state index in [1.807, 2.05) is 0 Å². The molecule has 3 N–H and O–H groups in total. The van der Waals surface area contributed by atoms with Crippen molar-refractivity contribution in [1.82, 2.24) is 0 Å². The van der Waals surface area contributed by atoms with Crippen LogP contribution in [0.25, 0.3) is 0 Å². The van der Waals surface area contributed by atoms with E-state index in [-0.39, 0.29) is 6.10 Å². The van der Waals surface area contributed by atoms with Gasteiger partial charge in [-0.25, -0.2) is 0 Å². The highest BCUT2D eigenvalue weighted by Gasteiger charge is 2.28. The summed E-state index contributed by atoms with van der Waals surface area (Å²) in [7, 11) is 0. The minimum Gasteiger partial charge on any atom is -0.393 e. The summed E-state index contributed by atoms with van der Waals surface area (Å²) in [4.78, 5) is 9.32. The van der Waals surface area contributed by atoms with Gasteiger partial charge in [0.2, 0.25) is 0 Å². The first-order chi connectivity index (χ1) is 7.52. The molecule has 0 aromatic heterocycles. The lowest BCUT2D eigenvalue weighted by Crippen LogP contribution is -2.31. The maximum Gasteiger partial charge on any atom is 0.121 e. The average molecular weight is 229 g/mol. The molecule has 3 atom stereocenters. The summed E-state index contributed by atoms with van der Waals surface area (Å²) < 4.78 is 0. The quantitative estimate of drug-likeness (QED) is 0.727. The zero-order valence-corrected chi connectivity index (χ0v) is 10.9. The molecule has 0 radical (unpaired) electrons. The number of rotatable bonds is 3. The van der Waals surface area contributed by atoms with Crippen LogP contribution < -0.4 is 5.73 Å². The van der Waals surface area contributed by atoms with Crippen molar-refractivity contribution in [2.24, 2.45) is 23.5 Å². The van der Waals surface area contributed by atoms with Crippen molar-refractivity contribution in [3.05, 3.63) is 0 Å². The van der Waals surface area contributed by atoms with E-state index in [2.05, 4.69) is 20.8 Å². The molecule has 0 aliphatic heterocycles. The Labute approximate surface area is 99.4 Å². The van der Waals surface area contributed by atoms with Gasteiger partial charge in [-0.3, -0.25) is 0 Å². The number of hydrogen-bond donors (Lipinski definition) is 2. The van der Waals surface area contributed by atoms with Gasteiger partial charge in [-0.15, -0.1) is 0 Å². The van der Waals surface area contributed by atoms with Gasteiger partial charge in [0.25, 0.3) is 0 Å². The molecule has 0 spiro atoms. The summed E-state index contributed by atoms with van der Waals surface area (Å²) in [6.07, 6.45) is 4.81. The molecule has 16 heavy (non-hydrogen) atoms. The normalized spacial score (nSPS) is 29.5. The Balaban J connectivity index is 0.000000385. The van der Waals surface area contributed by atoms with Gasteiger partial charge in [0.05, 0.1) is 6.10 Å². The fourth-order valence-corrected chi connectivity index (χ4v) is 2.22. The van der Waals surface area contributed by atoms with Crippen molar-refractivity contribution in [1.29, 1.82) is 0 Å². The summed E-state index contributed by atoms with van der Waals surface area (Å²) in [5.41, 5.74) is 4.91. The number of carbonyl (C=O) groups is 1. The van der Waals surface area contributed by atoms with Gasteiger partial charge in [-0.2, -0.15) is 0 Å². The van der Waals surface area contributed by atoms with Crippen LogP contribution in [0.4, 0.5) is 0 Å². The first kappa shape index (κ1) is 15.6. The summed E-state index contributed by atoms with van der Waals surface area (Å²) in [6, 6.07) is 0. The number of aliphatic hydroxyl groups excluding tert-OH is 1. The Morgan fingerprint density at radius 2 is 2.06 bits per heavy atom. The second-order valence-corrected chi connectivity index (χ2v) is 5.14. The highest BCUT2D eigenvalue weighted by Crippen LogP contribution is 2.33. The van der Waals surface area contributed by atoms with Gasteiger partial charge < -0.3 is 15.6 Å². The molecule has 1 fully saturated rings. The Hall–Kier alpha value is -0.410. The molecule has 3 unspecified atom stereocenters. The summed E-state index contributed by atoms with van der Waals surface area (Å²) in [5, 5.41) is 9.71. The lowest BCUT2D eigenvalue weighted by atomic mass is 9.75. The predicted molar refractivity (Wildman–Crippen MR) is 67.1 cm³/mol. The first-order valence-corrected chi connectivity index (χ1v) is 6.34. The van der Waals surface area contributed by atoms with Crippen LogP contribution in [0.2, 0.25) is 0 Å². The predicted octanol–water partition coefficient (Wildman–Crippen LogP) is 1.97. The zero-order chi connectivity index (χ0) is 12.6. The van der Waals surface area contributed by atoms with E-state index in [1.54, 1.807) is 0 Å². The number of aldehydes is 1.